The number of carbonyl (C=O) groups excluding carboxylic acids is 2. The molecule has 1 saturated heterocycles. The van der Waals surface area contributed by atoms with Gasteiger partial charge in [0.25, 0.3) is 11.5 Å². The van der Waals surface area contributed by atoms with Crippen LogP contribution in [0.4, 0.5) is 5.69 Å². The van der Waals surface area contributed by atoms with Crippen LogP contribution >= 0.6 is 0 Å². The van der Waals surface area contributed by atoms with Crippen LogP contribution in [0.1, 0.15) is 65.1 Å². The van der Waals surface area contributed by atoms with Crippen LogP contribution < -0.4 is 10.5 Å². The van der Waals surface area contributed by atoms with Crippen LogP contribution in [0.25, 0.3) is 0 Å². The summed E-state index contributed by atoms with van der Waals surface area (Å²) in [5, 5.41) is 0. The van der Waals surface area contributed by atoms with Crippen molar-refractivity contribution in [3.05, 3.63) is 63.1 Å². The number of Topliss-reactive ketones (excluding diaryl/α,β-unsaturated/α-hetero) is 1. The maximum atomic E-state index is 13.1. The van der Waals surface area contributed by atoms with Gasteiger partial charge in [0.2, 0.25) is 0 Å². The van der Waals surface area contributed by atoms with Crippen molar-refractivity contribution in [2.45, 2.75) is 46.1 Å². The van der Waals surface area contributed by atoms with E-state index >= 15 is 0 Å². The predicted octanol–water partition coefficient (Wildman–Crippen LogP) is 3.40. The van der Waals surface area contributed by atoms with Gasteiger partial charge in [-0.05, 0) is 42.4 Å². The van der Waals surface area contributed by atoms with Crippen LogP contribution in [-0.4, -0.2) is 41.7 Å². The van der Waals surface area contributed by atoms with E-state index in [1.807, 2.05) is 32.0 Å². The molecule has 0 saturated carbocycles. The normalized spacial score (nSPS) is 17.7. The molecule has 0 spiro atoms. The van der Waals surface area contributed by atoms with Crippen LogP contribution in [0.2, 0.25) is 0 Å². The number of anilines is 1. The van der Waals surface area contributed by atoms with E-state index in [2.05, 4.69) is 16.0 Å². The zero-order chi connectivity index (χ0) is 21.5. The molecule has 2 aromatic rings. The molecule has 0 bridgehead atoms. The fraction of sp³-hybridized carbons (Fsp3) is 0.458. The van der Waals surface area contributed by atoms with E-state index in [-0.39, 0.29) is 22.7 Å². The fourth-order valence-electron chi connectivity index (χ4n) is 4.63. The fourth-order valence-corrected chi connectivity index (χ4v) is 4.63. The zero-order valence-corrected chi connectivity index (χ0v) is 18.0. The second-order valence-corrected chi connectivity index (χ2v) is 9.33. The number of pyridine rings is 1. The van der Waals surface area contributed by atoms with Crippen LogP contribution in [-0.2, 0) is 13.0 Å². The standard InChI is InChI=1S/C24H29N3O3/c1-24(2)13-19-17(21(28)14-24)12-18(22(29)25-19)23(30)26(3)15-16-8-4-5-9-20(16)27-10-6-7-11-27/h4-5,8-9,12H,6-7,10-11,13-15H2,1-3H3,(H,25,29). The van der Waals surface area contributed by atoms with Gasteiger partial charge < -0.3 is 14.8 Å². The van der Waals surface area contributed by atoms with E-state index in [9.17, 15) is 14.4 Å². The number of amides is 1. The van der Waals surface area contributed by atoms with Crippen molar-refractivity contribution in [3.8, 4) is 0 Å². The van der Waals surface area contributed by atoms with Crippen LogP contribution in [0.3, 0.4) is 0 Å². The Morgan fingerprint density at radius 1 is 1.13 bits per heavy atom. The number of rotatable bonds is 4. The van der Waals surface area contributed by atoms with Gasteiger partial charge in [-0.1, -0.05) is 32.0 Å². The summed E-state index contributed by atoms with van der Waals surface area (Å²) in [4.78, 5) is 45.1. The molecule has 2 aliphatic rings. The number of hydrogen-bond donors (Lipinski definition) is 1. The number of nitrogens with one attached hydrogen (secondary N) is 1. The van der Waals surface area contributed by atoms with Crippen molar-refractivity contribution in [2.75, 3.05) is 25.0 Å². The summed E-state index contributed by atoms with van der Waals surface area (Å²) < 4.78 is 0. The lowest BCUT2D eigenvalue weighted by Crippen LogP contribution is -2.35. The van der Waals surface area contributed by atoms with Crippen LogP contribution in [0.15, 0.2) is 35.1 Å². The number of aromatic nitrogens is 1. The Labute approximate surface area is 176 Å². The largest absolute Gasteiger partial charge is 0.371 e. The maximum Gasteiger partial charge on any atom is 0.261 e. The molecular formula is C24H29N3O3. The highest BCUT2D eigenvalue weighted by molar-refractivity contribution is 6.02. The molecule has 30 heavy (non-hydrogen) atoms. The Balaban J connectivity index is 1.59. The van der Waals surface area contributed by atoms with Crippen molar-refractivity contribution in [1.29, 1.82) is 0 Å². The third-order valence-electron chi connectivity index (χ3n) is 6.14. The van der Waals surface area contributed by atoms with Gasteiger partial charge in [0.15, 0.2) is 5.78 Å². The Morgan fingerprint density at radius 3 is 2.57 bits per heavy atom. The number of H-pyrrole nitrogens is 1. The summed E-state index contributed by atoms with van der Waals surface area (Å²) in [6, 6.07) is 9.60. The summed E-state index contributed by atoms with van der Waals surface area (Å²) in [5.41, 5.74) is 2.73. The van der Waals surface area contributed by atoms with Crippen LogP contribution in [0.5, 0.6) is 0 Å². The molecule has 1 aliphatic carbocycles. The molecule has 4 rings (SSSR count). The van der Waals surface area contributed by atoms with Crippen LogP contribution in [0, 0.1) is 5.41 Å². The number of aromatic amines is 1. The maximum absolute atomic E-state index is 13.1. The van der Waals surface area contributed by atoms with E-state index in [0.717, 1.165) is 24.3 Å². The minimum Gasteiger partial charge on any atom is -0.371 e. The topological polar surface area (TPSA) is 73.5 Å². The molecule has 0 atom stereocenters. The quantitative estimate of drug-likeness (QED) is 0.843. The van der Waals surface area contributed by atoms with Gasteiger partial charge in [-0.3, -0.25) is 14.4 Å². The summed E-state index contributed by atoms with van der Waals surface area (Å²) in [6.07, 6.45) is 3.40. The van der Waals surface area contributed by atoms with E-state index in [1.54, 1.807) is 11.9 Å². The monoisotopic (exact) mass is 407 g/mol. The first-order chi connectivity index (χ1) is 14.2. The first-order valence-electron chi connectivity index (χ1n) is 10.6. The zero-order valence-electron chi connectivity index (χ0n) is 18.0. The van der Waals surface area contributed by atoms with Gasteiger partial charge in [0.1, 0.15) is 5.56 Å². The van der Waals surface area contributed by atoms with Crippen molar-refractivity contribution in [2.24, 2.45) is 5.41 Å². The van der Waals surface area contributed by atoms with E-state index in [4.69, 9.17) is 0 Å². The Hall–Kier alpha value is -2.89. The van der Waals surface area contributed by atoms with Crippen molar-refractivity contribution in [3.63, 3.8) is 0 Å². The smallest absolute Gasteiger partial charge is 0.261 e. The third kappa shape index (κ3) is 3.91. The van der Waals surface area contributed by atoms with E-state index < -0.39 is 5.56 Å². The Kier molecular flexibility index (Phi) is 5.26. The predicted molar refractivity (Wildman–Crippen MR) is 117 cm³/mol. The SMILES string of the molecule is CN(Cc1ccccc1N1CCCC1)C(=O)c1cc2c([nH]c1=O)CC(C)(C)CC2=O. The summed E-state index contributed by atoms with van der Waals surface area (Å²) in [5.74, 6) is -0.388. The number of hydrogen-bond acceptors (Lipinski definition) is 4. The van der Waals surface area contributed by atoms with Crippen molar-refractivity contribution in [1.82, 2.24) is 9.88 Å². The van der Waals surface area contributed by atoms with E-state index in [1.165, 1.54) is 18.9 Å². The van der Waals surface area contributed by atoms with Gasteiger partial charge in [-0.25, -0.2) is 0 Å². The number of fused-ring (bicyclic) bond motifs is 1. The molecular weight excluding hydrogens is 378 g/mol. The number of ketones is 1. The number of carbonyl (C=O) groups is 2. The van der Waals surface area contributed by atoms with Gasteiger partial charge in [-0.15, -0.1) is 0 Å². The molecule has 6 nitrogen and oxygen atoms in total. The number of para-hydroxylation sites is 1. The summed E-state index contributed by atoms with van der Waals surface area (Å²) in [6.45, 7) is 6.48. The minimum atomic E-state index is -0.427. The van der Waals surface area contributed by atoms with Gasteiger partial charge in [0.05, 0.1) is 0 Å². The average molecular weight is 408 g/mol. The molecule has 158 valence electrons. The average Bonchev–Trinajstić information content (AvgIpc) is 3.21. The number of benzene rings is 1. The second kappa shape index (κ2) is 7.74. The molecule has 0 radical (unpaired) electrons. The lowest BCUT2D eigenvalue weighted by molar-refractivity contribution is 0.0783. The lowest BCUT2D eigenvalue weighted by atomic mass is 9.75. The first-order valence-corrected chi connectivity index (χ1v) is 10.6. The Morgan fingerprint density at radius 2 is 1.83 bits per heavy atom. The highest BCUT2D eigenvalue weighted by Gasteiger charge is 2.33. The summed E-state index contributed by atoms with van der Waals surface area (Å²) in [7, 11) is 1.70. The minimum absolute atomic E-state index is 0.0198. The molecule has 1 N–H and O–H groups in total. The summed E-state index contributed by atoms with van der Waals surface area (Å²) >= 11 is 0. The first kappa shape index (κ1) is 20.4. The molecule has 2 heterocycles. The Bertz CT molecular complexity index is 1050. The molecule has 6 heteroatoms. The highest BCUT2D eigenvalue weighted by Crippen LogP contribution is 2.33. The van der Waals surface area contributed by atoms with E-state index in [0.29, 0.717) is 30.6 Å². The lowest BCUT2D eigenvalue weighted by Gasteiger charge is -2.30. The number of nitrogens with zero attached hydrogens (tertiary/aromatic N) is 2. The molecule has 1 aromatic heterocycles. The highest BCUT2D eigenvalue weighted by atomic mass is 16.2. The van der Waals surface area contributed by atoms with Crippen molar-refractivity contribution >= 4 is 17.4 Å². The van der Waals surface area contributed by atoms with Gasteiger partial charge in [0, 0.05) is 50.0 Å². The molecule has 0 unspecified atom stereocenters. The molecule has 1 aliphatic heterocycles. The molecule has 1 aromatic carbocycles. The third-order valence-corrected chi connectivity index (χ3v) is 6.14. The molecule has 1 amide bonds. The molecule has 1 fully saturated rings. The van der Waals surface area contributed by atoms with Gasteiger partial charge >= 0.3 is 0 Å². The second-order valence-electron chi connectivity index (χ2n) is 9.33. The van der Waals surface area contributed by atoms with Gasteiger partial charge in [-0.2, -0.15) is 0 Å². The van der Waals surface area contributed by atoms with Crippen molar-refractivity contribution < 1.29 is 9.59 Å².